The van der Waals surface area contributed by atoms with Crippen molar-refractivity contribution in [3.8, 4) is 17.2 Å². The molecule has 0 radical (unpaired) electrons. The van der Waals surface area contributed by atoms with Crippen LogP contribution in [0.5, 0.6) is 17.2 Å². The molecular weight excluding hydrogens is 426 g/mol. The molecule has 0 aliphatic carbocycles. The van der Waals surface area contributed by atoms with Gasteiger partial charge in [-0.05, 0) is 46.8 Å². The Morgan fingerprint density at radius 3 is 2.47 bits per heavy atom. The molecule has 0 N–H and O–H groups in total. The van der Waals surface area contributed by atoms with Crippen molar-refractivity contribution in [3.05, 3.63) is 81.5 Å². The maximum atomic E-state index is 12.8. The Balaban J connectivity index is 1.50. The van der Waals surface area contributed by atoms with E-state index in [2.05, 4.69) is 17.1 Å². The fourth-order valence-electron chi connectivity index (χ4n) is 4.18. The van der Waals surface area contributed by atoms with Crippen molar-refractivity contribution in [1.29, 1.82) is 0 Å². The standard InChI is InChI=1S/C25H19NO5S/c27-32(28,19-6-2-1-3-7-19)31-23-8-4-5-17-13-22-20-15-25-24(29-11-12-30-25)14-18(20)9-10-26(22)16-21(17)23/h1-9,13-16H,10-12H2. The highest BCUT2D eigenvalue weighted by Gasteiger charge is 2.21. The lowest BCUT2D eigenvalue weighted by Crippen LogP contribution is -2.43. The second kappa shape index (κ2) is 7.17. The van der Waals surface area contributed by atoms with Gasteiger partial charge in [-0.15, -0.1) is 0 Å². The average molecular weight is 445 g/mol. The molecule has 3 heterocycles. The molecule has 7 heteroatoms. The van der Waals surface area contributed by atoms with Gasteiger partial charge in [0, 0.05) is 28.9 Å². The van der Waals surface area contributed by atoms with Gasteiger partial charge >= 0.3 is 10.1 Å². The smallest absolute Gasteiger partial charge is 0.339 e. The lowest BCUT2D eigenvalue weighted by Gasteiger charge is -2.27. The molecule has 0 aromatic heterocycles. The van der Waals surface area contributed by atoms with Crippen LogP contribution >= 0.6 is 0 Å². The van der Waals surface area contributed by atoms with E-state index in [0.29, 0.717) is 25.5 Å². The van der Waals surface area contributed by atoms with Crippen molar-refractivity contribution in [2.75, 3.05) is 19.8 Å². The number of rotatable bonds is 3. The Labute approximate surface area is 184 Å². The monoisotopic (exact) mass is 445 g/mol. The summed E-state index contributed by atoms with van der Waals surface area (Å²) >= 11 is 0. The maximum absolute atomic E-state index is 12.8. The largest absolute Gasteiger partial charge is 0.486 e. The highest BCUT2D eigenvalue weighted by Crippen LogP contribution is 2.27. The first kappa shape index (κ1) is 19.0. The molecule has 6 rings (SSSR count). The number of benzene rings is 3. The number of hydrogen-bond acceptors (Lipinski definition) is 6. The molecule has 6 nitrogen and oxygen atoms in total. The Morgan fingerprint density at radius 2 is 1.66 bits per heavy atom. The molecule has 3 aliphatic heterocycles. The predicted molar refractivity (Wildman–Crippen MR) is 120 cm³/mol. The Morgan fingerprint density at radius 1 is 0.875 bits per heavy atom. The molecule has 3 aliphatic rings. The summed E-state index contributed by atoms with van der Waals surface area (Å²) in [7, 11) is -3.93. The van der Waals surface area contributed by atoms with Gasteiger partial charge in [0.05, 0.1) is 0 Å². The van der Waals surface area contributed by atoms with E-state index in [9.17, 15) is 8.42 Å². The summed E-state index contributed by atoms with van der Waals surface area (Å²) in [6.45, 7) is 1.73. The summed E-state index contributed by atoms with van der Waals surface area (Å²) in [6.07, 6.45) is 6.12. The van der Waals surface area contributed by atoms with Crippen molar-refractivity contribution < 1.29 is 22.1 Å². The summed E-state index contributed by atoms with van der Waals surface area (Å²) in [6, 6.07) is 17.6. The molecule has 0 bridgehead atoms. The summed E-state index contributed by atoms with van der Waals surface area (Å²) in [4.78, 5) is 2.21. The Hall–Kier alpha value is -3.71. The van der Waals surface area contributed by atoms with Crippen molar-refractivity contribution in [2.24, 2.45) is 0 Å². The van der Waals surface area contributed by atoms with Crippen LogP contribution in [0.2, 0.25) is 0 Å². The second-order valence-corrected chi connectivity index (χ2v) is 9.25. The van der Waals surface area contributed by atoms with Crippen molar-refractivity contribution >= 4 is 34.2 Å². The number of ether oxygens (including phenoxy) is 2. The topological polar surface area (TPSA) is 65.1 Å². The second-order valence-electron chi connectivity index (χ2n) is 7.71. The summed E-state index contributed by atoms with van der Waals surface area (Å²) in [5.41, 5.74) is 1.02. The highest BCUT2D eigenvalue weighted by molar-refractivity contribution is 7.87. The van der Waals surface area contributed by atoms with Crippen LogP contribution in [-0.4, -0.2) is 33.1 Å². The summed E-state index contributed by atoms with van der Waals surface area (Å²) in [5.74, 6) is 1.81. The first-order valence-electron chi connectivity index (χ1n) is 10.3. The normalized spacial score (nSPS) is 15.9. The molecule has 32 heavy (non-hydrogen) atoms. The molecule has 3 aromatic carbocycles. The van der Waals surface area contributed by atoms with Gasteiger partial charge in [0.2, 0.25) is 0 Å². The zero-order valence-corrected chi connectivity index (χ0v) is 17.8. The summed E-state index contributed by atoms with van der Waals surface area (Å²) in [5, 5.41) is 3.75. The highest BCUT2D eigenvalue weighted by atomic mass is 32.2. The first-order chi connectivity index (χ1) is 15.6. The van der Waals surface area contributed by atoms with Gasteiger partial charge in [0.25, 0.3) is 0 Å². The molecule has 0 unspecified atom stereocenters. The van der Waals surface area contributed by atoms with E-state index in [1.807, 2.05) is 24.4 Å². The molecule has 0 saturated carbocycles. The molecular formula is C25H19NO5S. The van der Waals surface area contributed by atoms with Crippen LogP contribution in [0.3, 0.4) is 0 Å². The minimum atomic E-state index is -3.93. The van der Waals surface area contributed by atoms with Crippen LogP contribution in [0, 0.1) is 0 Å². The number of hydrogen-bond donors (Lipinski definition) is 0. The molecule has 0 spiro atoms. The van der Waals surface area contributed by atoms with Gasteiger partial charge < -0.3 is 18.6 Å². The molecule has 0 amide bonds. The number of fused-ring (bicyclic) bond motifs is 4. The van der Waals surface area contributed by atoms with Gasteiger partial charge in [-0.1, -0.05) is 36.4 Å². The van der Waals surface area contributed by atoms with Gasteiger partial charge in [0.15, 0.2) is 17.2 Å². The predicted octanol–water partition coefficient (Wildman–Crippen LogP) is 0.662. The van der Waals surface area contributed by atoms with Crippen LogP contribution in [0.4, 0.5) is 0 Å². The van der Waals surface area contributed by atoms with Crippen LogP contribution in [-0.2, 0) is 10.1 Å². The van der Waals surface area contributed by atoms with Gasteiger partial charge in [0.1, 0.15) is 18.1 Å². The zero-order valence-electron chi connectivity index (χ0n) is 17.0. The van der Waals surface area contributed by atoms with Gasteiger partial charge in [-0.3, -0.25) is 0 Å². The third-order valence-electron chi connectivity index (χ3n) is 5.72. The van der Waals surface area contributed by atoms with Crippen LogP contribution in [0.15, 0.2) is 65.6 Å². The third kappa shape index (κ3) is 3.13. The van der Waals surface area contributed by atoms with Crippen LogP contribution < -0.4 is 34.5 Å². The lowest BCUT2D eigenvalue weighted by atomic mass is 10.0. The lowest BCUT2D eigenvalue weighted by molar-refractivity contribution is 0.171. The quantitative estimate of drug-likeness (QED) is 0.552. The van der Waals surface area contributed by atoms with E-state index in [1.165, 1.54) is 12.1 Å². The zero-order chi connectivity index (χ0) is 21.7. The van der Waals surface area contributed by atoms with Gasteiger partial charge in [-0.2, -0.15) is 8.42 Å². The molecule has 0 atom stereocenters. The third-order valence-corrected chi connectivity index (χ3v) is 6.96. The molecule has 0 fully saturated rings. The van der Waals surface area contributed by atoms with E-state index in [-0.39, 0.29) is 4.90 Å². The van der Waals surface area contributed by atoms with Crippen molar-refractivity contribution in [3.63, 3.8) is 0 Å². The minimum Gasteiger partial charge on any atom is -0.486 e. The van der Waals surface area contributed by atoms with E-state index < -0.39 is 10.1 Å². The first-order valence-corrected chi connectivity index (χ1v) is 11.7. The van der Waals surface area contributed by atoms with Crippen molar-refractivity contribution in [1.82, 2.24) is 4.90 Å². The molecule has 3 aromatic rings. The van der Waals surface area contributed by atoms with E-state index in [4.69, 9.17) is 13.7 Å². The van der Waals surface area contributed by atoms with Crippen LogP contribution in [0.25, 0.3) is 24.0 Å². The fraction of sp³-hybridized carbons (Fsp3) is 0.120. The molecule has 0 saturated heterocycles. The Bertz CT molecular complexity index is 1590. The molecule has 160 valence electrons. The van der Waals surface area contributed by atoms with Crippen molar-refractivity contribution in [2.45, 2.75) is 4.90 Å². The van der Waals surface area contributed by atoms with Gasteiger partial charge in [-0.25, -0.2) is 0 Å². The van der Waals surface area contributed by atoms with Crippen LogP contribution in [0.1, 0.15) is 0 Å². The summed E-state index contributed by atoms with van der Waals surface area (Å²) < 4.78 is 42.6. The fourth-order valence-corrected chi connectivity index (χ4v) is 5.15. The van der Waals surface area contributed by atoms with E-state index >= 15 is 0 Å². The van der Waals surface area contributed by atoms with E-state index in [1.54, 1.807) is 30.3 Å². The Kier molecular flexibility index (Phi) is 4.26. The maximum Gasteiger partial charge on any atom is 0.339 e. The SMILES string of the molecule is O=S(=O)(Oc1cccc2c1=CN1CC=c3cc4c(cc3=C1C=2)OCCO4)c1ccccc1. The number of nitrogens with zero attached hydrogens (tertiary/aromatic N) is 1. The average Bonchev–Trinajstić information content (AvgIpc) is 2.82. The minimum absolute atomic E-state index is 0.122. The van der Waals surface area contributed by atoms with E-state index in [0.717, 1.165) is 38.1 Å².